The second-order valence-corrected chi connectivity index (χ2v) is 9.75. The number of quaternary nitrogens is 1. The lowest BCUT2D eigenvalue weighted by Gasteiger charge is -2.30. The Morgan fingerprint density at radius 3 is 2.44 bits per heavy atom. The number of nitrogens with zero attached hydrogens (tertiary/aromatic N) is 1. The lowest BCUT2D eigenvalue weighted by atomic mass is 9.93. The molecule has 5 rings (SSSR count). The zero-order chi connectivity index (χ0) is 27.4. The molecule has 202 valence electrons. The van der Waals surface area contributed by atoms with Crippen molar-refractivity contribution >= 4 is 17.4 Å². The van der Waals surface area contributed by atoms with E-state index in [4.69, 9.17) is 14.2 Å². The number of Topliss-reactive ketones (excluding diaryl/α,β-unsaturated/α-hetero) is 1. The molecule has 2 fully saturated rings. The normalized spacial score (nSPS) is 19.3. The highest BCUT2D eigenvalue weighted by Gasteiger charge is 2.44. The summed E-state index contributed by atoms with van der Waals surface area (Å²) in [6.07, 6.45) is 0. The number of para-hydroxylation sites is 1. The number of carbonyl (C=O) groups is 2. The van der Waals surface area contributed by atoms with Gasteiger partial charge in [-0.15, -0.1) is 0 Å². The van der Waals surface area contributed by atoms with Gasteiger partial charge in [0, 0.05) is 5.57 Å². The van der Waals surface area contributed by atoms with Crippen LogP contribution in [0, 0.1) is 6.92 Å². The van der Waals surface area contributed by atoms with E-state index in [1.165, 1.54) is 4.90 Å². The average molecular weight is 529 g/mol. The number of rotatable bonds is 8. The SMILES string of the molecule is COc1ccc(C([O-])=C2C(=O)C(=O)N(CC[NH+]3CCOCC3)C2c2cccc(Oc3ccccc3)c2)c(C)c1. The van der Waals surface area contributed by atoms with Crippen molar-refractivity contribution in [1.29, 1.82) is 0 Å². The number of likely N-dealkylation sites (tertiary alicyclic amines) is 1. The minimum atomic E-state index is -0.821. The van der Waals surface area contributed by atoms with Crippen molar-refractivity contribution in [3.63, 3.8) is 0 Å². The Bertz CT molecular complexity index is 1380. The molecule has 0 aromatic heterocycles. The second-order valence-electron chi connectivity index (χ2n) is 9.75. The van der Waals surface area contributed by atoms with Crippen molar-refractivity contribution in [2.24, 2.45) is 0 Å². The molecular formula is C31H32N2O6. The summed E-state index contributed by atoms with van der Waals surface area (Å²) in [4.78, 5) is 29.7. The van der Waals surface area contributed by atoms with Crippen LogP contribution in [0.5, 0.6) is 17.2 Å². The predicted octanol–water partition coefficient (Wildman–Crippen LogP) is 1.94. The predicted molar refractivity (Wildman–Crippen MR) is 143 cm³/mol. The van der Waals surface area contributed by atoms with Gasteiger partial charge in [-0.3, -0.25) is 9.59 Å². The molecule has 2 aliphatic heterocycles. The molecule has 1 N–H and O–H groups in total. The van der Waals surface area contributed by atoms with Gasteiger partial charge >= 0.3 is 0 Å². The number of morpholine rings is 1. The van der Waals surface area contributed by atoms with Crippen molar-refractivity contribution in [2.45, 2.75) is 13.0 Å². The van der Waals surface area contributed by atoms with Gasteiger partial charge in [-0.25, -0.2) is 0 Å². The summed E-state index contributed by atoms with van der Waals surface area (Å²) in [6, 6.07) is 20.9. The van der Waals surface area contributed by atoms with Crippen LogP contribution >= 0.6 is 0 Å². The molecule has 1 amide bonds. The first-order chi connectivity index (χ1) is 19.0. The van der Waals surface area contributed by atoms with E-state index in [9.17, 15) is 14.7 Å². The van der Waals surface area contributed by atoms with Gasteiger partial charge in [0.25, 0.3) is 5.91 Å². The number of hydrogen-bond acceptors (Lipinski definition) is 6. The Labute approximate surface area is 228 Å². The molecule has 0 spiro atoms. The smallest absolute Gasteiger partial charge is 0.295 e. The van der Waals surface area contributed by atoms with Crippen molar-refractivity contribution in [3.05, 3.63) is 95.1 Å². The van der Waals surface area contributed by atoms with Gasteiger partial charge in [0.15, 0.2) is 0 Å². The van der Waals surface area contributed by atoms with Gasteiger partial charge in [-0.05, 0) is 60.0 Å². The number of ether oxygens (including phenoxy) is 3. The zero-order valence-electron chi connectivity index (χ0n) is 22.1. The minimum Gasteiger partial charge on any atom is -0.872 e. The van der Waals surface area contributed by atoms with E-state index in [-0.39, 0.29) is 5.57 Å². The molecule has 3 aromatic carbocycles. The fourth-order valence-electron chi connectivity index (χ4n) is 5.17. The van der Waals surface area contributed by atoms with Crippen LogP contribution in [0.1, 0.15) is 22.7 Å². The summed E-state index contributed by atoms with van der Waals surface area (Å²) in [5, 5.41) is 13.9. The van der Waals surface area contributed by atoms with E-state index in [0.29, 0.717) is 60.2 Å². The van der Waals surface area contributed by atoms with Crippen LogP contribution in [0.15, 0.2) is 78.4 Å². The Morgan fingerprint density at radius 2 is 1.72 bits per heavy atom. The van der Waals surface area contributed by atoms with E-state index in [0.717, 1.165) is 13.1 Å². The highest BCUT2D eigenvalue weighted by molar-refractivity contribution is 6.46. The van der Waals surface area contributed by atoms with Crippen LogP contribution in [0.3, 0.4) is 0 Å². The standard InChI is InChI=1S/C31H32N2O6/c1-21-19-24(37-2)11-12-26(21)29(34)27-28(22-7-6-10-25(20-22)39-23-8-4-3-5-9-23)33(31(36)30(27)35)14-13-32-15-17-38-18-16-32/h3-12,19-20,28,34H,13-18H2,1-2H3. The van der Waals surface area contributed by atoms with E-state index in [1.807, 2.05) is 48.5 Å². The number of nitrogens with one attached hydrogen (secondary N) is 1. The molecular weight excluding hydrogens is 496 g/mol. The lowest BCUT2D eigenvalue weighted by molar-refractivity contribution is -0.907. The third-order valence-corrected chi connectivity index (χ3v) is 7.27. The van der Waals surface area contributed by atoms with E-state index in [1.54, 1.807) is 43.2 Å². The molecule has 0 radical (unpaired) electrons. The summed E-state index contributed by atoms with van der Waals surface area (Å²) >= 11 is 0. The van der Waals surface area contributed by atoms with Gasteiger partial charge in [0.05, 0.1) is 39.5 Å². The van der Waals surface area contributed by atoms with Crippen molar-refractivity contribution < 1.29 is 33.8 Å². The molecule has 8 heteroatoms. The molecule has 2 saturated heterocycles. The molecule has 1 atom stereocenters. The fraction of sp³-hybridized carbons (Fsp3) is 0.290. The van der Waals surface area contributed by atoms with Gasteiger partial charge in [0.2, 0.25) is 5.78 Å². The first-order valence-corrected chi connectivity index (χ1v) is 13.1. The average Bonchev–Trinajstić information content (AvgIpc) is 3.22. The quantitative estimate of drug-likeness (QED) is 0.273. The minimum absolute atomic E-state index is 0.0397. The molecule has 0 bridgehead atoms. The fourth-order valence-corrected chi connectivity index (χ4v) is 5.17. The van der Waals surface area contributed by atoms with E-state index >= 15 is 0 Å². The monoisotopic (exact) mass is 528 g/mol. The second kappa shape index (κ2) is 11.7. The van der Waals surface area contributed by atoms with Crippen LogP contribution in [0.4, 0.5) is 0 Å². The van der Waals surface area contributed by atoms with E-state index < -0.39 is 23.5 Å². The molecule has 2 heterocycles. The number of ketones is 1. The van der Waals surface area contributed by atoms with Crippen LogP contribution in [-0.4, -0.2) is 63.1 Å². The topological polar surface area (TPSA) is 92.6 Å². The van der Waals surface area contributed by atoms with E-state index in [2.05, 4.69) is 0 Å². The van der Waals surface area contributed by atoms with Gasteiger partial charge < -0.3 is 29.1 Å². The Hall–Kier alpha value is -4.14. The highest BCUT2D eigenvalue weighted by atomic mass is 16.5. The molecule has 0 saturated carbocycles. The molecule has 0 aliphatic carbocycles. The summed E-state index contributed by atoms with van der Waals surface area (Å²) in [6.45, 7) is 5.78. The number of carbonyl (C=O) groups excluding carboxylic acids is 2. The van der Waals surface area contributed by atoms with Crippen LogP contribution in [0.25, 0.3) is 5.76 Å². The van der Waals surface area contributed by atoms with Crippen LogP contribution < -0.4 is 19.5 Å². The van der Waals surface area contributed by atoms with Crippen molar-refractivity contribution in [1.82, 2.24) is 4.90 Å². The molecule has 3 aromatic rings. The maximum atomic E-state index is 13.9. The van der Waals surface area contributed by atoms with Crippen molar-refractivity contribution in [2.75, 3.05) is 46.5 Å². The molecule has 39 heavy (non-hydrogen) atoms. The highest BCUT2D eigenvalue weighted by Crippen LogP contribution is 2.40. The summed E-state index contributed by atoms with van der Waals surface area (Å²) in [7, 11) is 1.55. The number of methoxy groups -OCH3 is 1. The van der Waals surface area contributed by atoms with Gasteiger partial charge in [-0.1, -0.05) is 42.2 Å². The Kier molecular flexibility index (Phi) is 7.95. The summed E-state index contributed by atoms with van der Waals surface area (Å²) in [5.74, 6) is -0.0376. The number of hydrogen-bond donors (Lipinski definition) is 1. The first kappa shape index (κ1) is 26.5. The lowest BCUT2D eigenvalue weighted by Crippen LogP contribution is -3.14. The van der Waals surface area contributed by atoms with Crippen molar-refractivity contribution in [3.8, 4) is 17.2 Å². The first-order valence-electron chi connectivity index (χ1n) is 13.1. The number of benzene rings is 3. The number of amides is 1. The maximum Gasteiger partial charge on any atom is 0.295 e. The summed E-state index contributed by atoms with van der Waals surface area (Å²) in [5.41, 5.74) is 1.65. The third kappa shape index (κ3) is 5.67. The van der Waals surface area contributed by atoms with Gasteiger partial charge in [0.1, 0.15) is 30.3 Å². The largest absolute Gasteiger partial charge is 0.872 e. The van der Waals surface area contributed by atoms with Gasteiger partial charge in [-0.2, -0.15) is 0 Å². The van der Waals surface area contributed by atoms with Crippen LogP contribution in [0.2, 0.25) is 0 Å². The molecule has 1 unspecified atom stereocenters. The van der Waals surface area contributed by atoms with Crippen LogP contribution in [-0.2, 0) is 14.3 Å². The third-order valence-electron chi connectivity index (χ3n) is 7.27. The maximum absolute atomic E-state index is 13.9. The Morgan fingerprint density at radius 1 is 0.974 bits per heavy atom. The summed E-state index contributed by atoms with van der Waals surface area (Å²) < 4.78 is 16.8. The zero-order valence-corrected chi connectivity index (χ0v) is 22.1. The molecule has 8 nitrogen and oxygen atoms in total. The Balaban J connectivity index is 1.55. The number of aryl methyl sites for hydroxylation is 1. The molecule has 2 aliphatic rings.